The van der Waals surface area contributed by atoms with Crippen molar-refractivity contribution in [3.05, 3.63) is 70.2 Å². The van der Waals surface area contributed by atoms with Gasteiger partial charge in [-0.15, -0.1) is 11.3 Å². The van der Waals surface area contributed by atoms with Crippen LogP contribution in [0.15, 0.2) is 42.2 Å². The molecule has 0 radical (unpaired) electrons. The summed E-state index contributed by atoms with van der Waals surface area (Å²) < 4.78 is 0. The predicted molar refractivity (Wildman–Crippen MR) is 155 cm³/mol. The van der Waals surface area contributed by atoms with Crippen LogP contribution < -0.4 is 10.6 Å². The number of carbonyl (C=O) groups is 2. The molecule has 3 N–H and O–H groups in total. The molecule has 3 aromatic heterocycles. The smallest absolute Gasteiger partial charge is 0.256 e. The molecule has 200 valence electrons. The van der Waals surface area contributed by atoms with Gasteiger partial charge in [-0.1, -0.05) is 19.9 Å². The summed E-state index contributed by atoms with van der Waals surface area (Å²) in [4.78, 5) is 44.7. The number of fused-ring (bicyclic) bond motifs is 1. The Labute approximate surface area is 231 Å². The Kier molecular flexibility index (Phi) is 7.67. The lowest BCUT2D eigenvalue weighted by molar-refractivity contribution is -0.110. The van der Waals surface area contributed by atoms with E-state index in [1.165, 1.54) is 11.3 Å². The minimum Gasteiger partial charge on any atom is -0.358 e. The lowest BCUT2D eigenvalue weighted by atomic mass is 10.0. The minimum absolute atomic E-state index is 0.112. The Balaban J connectivity index is 1.41. The van der Waals surface area contributed by atoms with E-state index < -0.39 is 0 Å². The van der Waals surface area contributed by atoms with Crippen LogP contribution in [-0.2, 0) is 4.79 Å². The first-order valence-corrected chi connectivity index (χ1v) is 13.9. The molecule has 0 saturated carbocycles. The average molecular weight is 542 g/mol. The first-order valence-electron chi connectivity index (χ1n) is 13.0. The van der Waals surface area contributed by atoms with E-state index in [0.717, 1.165) is 69.8 Å². The molecule has 4 heterocycles. The molecule has 1 aliphatic heterocycles. The molecule has 4 aromatic rings. The number of hydrogen-bond acceptors (Lipinski definition) is 7. The fraction of sp³-hybridized carbons (Fsp3) is 0.276. The SMILES string of the molecule is CCN(CC)CCNC(=O)c1c(C)[nH]c(/C=C2\C(=O)Nc3ccc(-c4csc(-c5cnccn5)n4)cc32)c1C. The highest BCUT2D eigenvalue weighted by Gasteiger charge is 2.26. The number of carbonyl (C=O) groups excluding carboxylic acids is 2. The van der Waals surface area contributed by atoms with Gasteiger partial charge in [0.2, 0.25) is 0 Å². The van der Waals surface area contributed by atoms with E-state index in [-0.39, 0.29) is 11.8 Å². The molecule has 1 aliphatic rings. The summed E-state index contributed by atoms with van der Waals surface area (Å²) in [5, 5.41) is 8.74. The maximum Gasteiger partial charge on any atom is 0.256 e. The molecular weight excluding hydrogens is 510 g/mol. The fourth-order valence-corrected chi connectivity index (χ4v) is 5.57. The second-order valence-electron chi connectivity index (χ2n) is 9.35. The van der Waals surface area contributed by atoms with Crippen molar-refractivity contribution in [2.45, 2.75) is 27.7 Å². The molecule has 2 amide bonds. The van der Waals surface area contributed by atoms with Crippen molar-refractivity contribution in [3.63, 3.8) is 0 Å². The number of rotatable bonds is 9. The van der Waals surface area contributed by atoms with Gasteiger partial charge in [-0.25, -0.2) is 4.98 Å². The number of benzene rings is 1. The van der Waals surface area contributed by atoms with Crippen LogP contribution in [0, 0.1) is 13.8 Å². The zero-order valence-corrected chi connectivity index (χ0v) is 23.3. The van der Waals surface area contributed by atoms with E-state index in [1.807, 2.05) is 43.5 Å². The van der Waals surface area contributed by atoms with Gasteiger partial charge in [-0.2, -0.15) is 0 Å². The number of nitrogens with one attached hydrogen (secondary N) is 3. The summed E-state index contributed by atoms with van der Waals surface area (Å²) in [6.07, 6.45) is 6.79. The van der Waals surface area contributed by atoms with Crippen LogP contribution in [0.2, 0.25) is 0 Å². The van der Waals surface area contributed by atoms with E-state index in [1.54, 1.807) is 18.6 Å². The number of likely N-dealkylation sites (N-methyl/N-ethyl adjacent to an activating group) is 1. The van der Waals surface area contributed by atoms with Crippen LogP contribution in [0.4, 0.5) is 5.69 Å². The van der Waals surface area contributed by atoms with E-state index in [2.05, 4.69) is 44.3 Å². The number of nitrogens with zero attached hydrogens (tertiary/aromatic N) is 4. The molecule has 0 spiro atoms. The Morgan fingerprint density at radius 1 is 1.15 bits per heavy atom. The van der Waals surface area contributed by atoms with Gasteiger partial charge < -0.3 is 20.5 Å². The first kappa shape index (κ1) is 26.5. The monoisotopic (exact) mass is 541 g/mol. The summed E-state index contributed by atoms with van der Waals surface area (Å²) in [5.41, 5.74) is 7.44. The molecule has 39 heavy (non-hydrogen) atoms. The third kappa shape index (κ3) is 5.39. The Hall–Kier alpha value is -4.15. The first-order chi connectivity index (χ1) is 18.9. The van der Waals surface area contributed by atoms with Gasteiger partial charge >= 0.3 is 0 Å². The van der Waals surface area contributed by atoms with Gasteiger partial charge in [0.15, 0.2) is 0 Å². The number of thiazole rings is 1. The van der Waals surface area contributed by atoms with E-state index in [0.29, 0.717) is 17.7 Å². The van der Waals surface area contributed by atoms with E-state index >= 15 is 0 Å². The van der Waals surface area contributed by atoms with Crippen LogP contribution in [-0.4, -0.2) is 62.8 Å². The molecule has 0 aliphatic carbocycles. The van der Waals surface area contributed by atoms with Gasteiger partial charge in [0, 0.05) is 59.1 Å². The van der Waals surface area contributed by atoms with Crippen molar-refractivity contribution in [3.8, 4) is 22.0 Å². The van der Waals surface area contributed by atoms with Crippen molar-refractivity contribution >= 4 is 40.5 Å². The summed E-state index contributed by atoms with van der Waals surface area (Å²) in [5.74, 6) is -0.295. The average Bonchev–Trinajstić information content (AvgIpc) is 3.63. The highest BCUT2D eigenvalue weighted by atomic mass is 32.1. The number of aromatic amines is 1. The lowest BCUT2D eigenvalue weighted by Crippen LogP contribution is -2.35. The molecule has 10 heteroatoms. The van der Waals surface area contributed by atoms with Crippen LogP contribution in [0.25, 0.3) is 33.6 Å². The zero-order valence-electron chi connectivity index (χ0n) is 22.5. The molecule has 9 nitrogen and oxygen atoms in total. The van der Waals surface area contributed by atoms with Crippen molar-refractivity contribution in [1.29, 1.82) is 0 Å². The largest absolute Gasteiger partial charge is 0.358 e. The highest BCUT2D eigenvalue weighted by Crippen LogP contribution is 2.37. The number of amides is 2. The summed E-state index contributed by atoms with van der Waals surface area (Å²) in [6.45, 7) is 11.3. The van der Waals surface area contributed by atoms with Gasteiger partial charge in [-0.3, -0.25) is 19.6 Å². The highest BCUT2D eigenvalue weighted by molar-refractivity contribution is 7.13. The molecule has 1 aromatic carbocycles. The third-order valence-electron chi connectivity index (χ3n) is 6.98. The number of hydrogen-bond donors (Lipinski definition) is 3. The zero-order chi connectivity index (χ0) is 27.5. The third-order valence-corrected chi connectivity index (χ3v) is 7.85. The maximum atomic E-state index is 13.0. The van der Waals surface area contributed by atoms with Crippen molar-refractivity contribution < 1.29 is 9.59 Å². The Morgan fingerprint density at radius 3 is 2.72 bits per heavy atom. The summed E-state index contributed by atoms with van der Waals surface area (Å²) in [6, 6.07) is 5.81. The number of H-pyrrole nitrogens is 1. The summed E-state index contributed by atoms with van der Waals surface area (Å²) in [7, 11) is 0. The molecular formula is C29H31N7O2S. The number of aromatic nitrogens is 4. The van der Waals surface area contributed by atoms with Crippen LogP contribution >= 0.6 is 11.3 Å². The minimum atomic E-state index is -0.183. The van der Waals surface area contributed by atoms with Gasteiger partial charge in [0.1, 0.15) is 10.7 Å². The van der Waals surface area contributed by atoms with E-state index in [9.17, 15) is 9.59 Å². The second-order valence-corrected chi connectivity index (χ2v) is 10.2. The molecule has 0 fully saturated rings. The van der Waals surface area contributed by atoms with Gasteiger partial charge in [-0.05, 0) is 50.7 Å². The molecule has 0 unspecified atom stereocenters. The number of aryl methyl sites for hydroxylation is 1. The Bertz CT molecular complexity index is 1550. The summed E-state index contributed by atoms with van der Waals surface area (Å²) >= 11 is 1.50. The van der Waals surface area contributed by atoms with Crippen LogP contribution in [0.1, 0.15) is 46.7 Å². The molecule has 0 bridgehead atoms. The quantitative estimate of drug-likeness (QED) is 0.263. The van der Waals surface area contributed by atoms with E-state index in [4.69, 9.17) is 4.98 Å². The Morgan fingerprint density at radius 2 is 1.97 bits per heavy atom. The normalized spacial score (nSPS) is 13.7. The molecule has 5 rings (SSSR count). The van der Waals surface area contributed by atoms with Crippen LogP contribution in [0.3, 0.4) is 0 Å². The van der Waals surface area contributed by atoms with Gasteiger partial charge in [0.05, 0.1) is 23.0 Å². The molecule has 0 saturated heterocycles. The molecule has 0 atom stereocenters. The topological polar surface area (TPSA) is 116 Å². The van der Waals surface area contributed by atoms with Crippen molar-refractivity contribution in [2.75, 3.05) is 31.5 Å². The van der Waals surface area contributed by atoms with Gasteiger partial charge in [0.25, 0.3) is 11.8 Å². The van der Waals surface area contributed by atoms with Crippen molar-refractivity contribution in [1.82, 2.24) is 30.2 Å². The second kappa shape index (κ2) is 11.3. The number of anilines is 1. The standard InChI is InChI=1S/C29H31N7O2S/c1-5-36(6-2)12-11-32-28(38)26-17(3)23(33-18(26)4)14-21-20-13-19(7-8-22(20)34-27(21)37)25-16-39-29(35-25)24-15-30-9-10-31-24/h7-10,13-16,33H,5-6,11-12H2,1-4H3,(H,32,38)(H,34,37)/b21-14-. The maximum absolute atomic E-state index is 13.0. The van der Waals surface area contributed by atoms with Crippen molar-refractivity contribution in [2.24, 2.45) is 0 Å². The lowest BCUT2D eigenvalue weighted by Gasteiger charge is -2.18. The predicted octanol–water partition coefficient (Wildman–Crippen LogP) is 4.78. The fourth-order valence-electron chi connectivity index (χ4n) is 4.78. The van der Waals surface area contributed by atoms with Crippen LogP contribution in [0.5, 0.6) is 0 Å².